The number of ether oxygens (including phenoxy) is 1. The van der Waals surface area contributed by atoms with Crippen LogP contribution in [0.3, 0.4) is 0 Å². The van der Waals surface area contributed by atoms with Crippen molar-refractivity contribution >= 4 is 29.2 Å². The fourth-order valence-corrected chi connectivity index (χ4v) is 3.95. The molecule has 1 amide bonds. The maximum Gasteiger partial charge on any atom is 0.308 e. The smallest absolute Gasteiger partial charge is 0.308 e. The Bertz CT molecular complexity index is 795. The molecule has 3 N–H and O–H groups in total. The van der Waals surface area contributed by atoms with Crippen molar-refractivity contribution < 1.29 is 14.3 Å². The first kappa shape index (κ1) is 19.0. The third kappa shape index (κ3) is 4.71. The van der Waals surface area contributed by atoms with Crippen LogP contribution in [0.15, 0.2) is 41.9 Å². The number of thiazole rings is 1. The molecule has 2 atom stereocenters. The van der Waals surface area contributed by atoms with Gasteiger partial charge in [0.1, 0.15) is 5.01 Å². The number of aryl methyl sites for hydroxylation is 1. The number of guanidine groups is 1. The highest BCUT2D eigenvalue weighted by atomic mass is 32.1. The average Bonchev–Trinajstić information content (AvgIpc) is 3.29. The zero-order chi connectivity index (χ0) is 19.2. The third-order valence-corrected chi connectivity index (χ3v) is 5.32. The van der Waals surface area contributed by atoms with E-state index >= 15 is 0 Å². The molecule has 7 nitrogen and oxygen atoms in total. The number of amides is 1. The zero-order valence-corrected chi connectivity index (χ0v) is 15.7. The van der Waals surface area contributed by atoms with Gasteiger partial charge < -0.3 is 10.5 Å². The van der Waals surface area contributed by atoms with E-state index in [1.165, 1.54) is 21.8 Å². The Morgan fingerprint density at radius 3 is 2.78 bits per heavy atom. The second kappa shape index (κ2) is 8.77. The van der Waals surface area contributed by atoms with Gasteiger partial charge in [0.05, 0.1) is 12.5 Å². The first-order valence-corrected chi connectivity index (χ1v) is 9.73. The summed E-state index contributed by atoms with van der Waals surface area (Å²) in [5.41, 5.74) is 6.91. The highest BCUT2D eigenvalue weighted by Gasteiger charge is 2.44. The molecule has 1 aromatic carbocycles. The average molecular weight is 386 g/mol. The van der Waals surface area contributed by atoms with Crippen LogP contribution in [0.25, 0.3) is 0 Å². The molecule has 1 aliphatic rings. The molecule has 142 valence electrons. The van der Waals surface area contributed by atoms with Crippen LogP contribution in [0.5, 0.6) is 0 Å². The van der Waals surface area contributed by atoms with Gasteiger partial charge in [0.25, 0.3) is 0 Å². The summed E-state index contributed by atoms with van der Waals surface area (Å²) in [6.45, 7) is 0. The van der Waals surface area contributed by atoms with Crippen molar-refractivity contribution in [2.24, 2.45) is 5.73 Å². The molecule has 1 aromatic heterocycles. The van der Waals surface area contributed by atoms with Crippen LogP contribution >= 0.6 is 11.3 Å². The van der Waals surface area contributed by atoms with Crippen molar-refractivity contribution in [1.82, 2.24) is 9.88 Å². The predicted octanol–water partition coefficient (Wildman–Crippen LogP) is 2.63. The van der Waals surface area contributed by atoms with E-state index in [1.54, 1.807) is 11.6 Å². The van der Waals surface area contributed by atoms with Gasteiger partial charge in [-0.1, -0.05) is 30.3 Å². The predicted molar refractivity (Wildman–Crippen MR) is 102 cm³/mol. The van der Waals surface area contributed by atoms with Crippen molar-refractivity contribution in [3.63, 3.8) is 0 Å². The lowest BCUT2D eigenvalue weighted by atomic mass is 10.1. The second-order valence-electron chi connectivity index (χ2n) is 6.39. The molecular formula is C19H22N4O3S. The van der Waals surface area contributed by atoms with Crippen molar-refractivity contribution in [2.75, 3.05) is 0 Å². The number of nitrogens with zero attached hydrogens (tertiary/aromatic N) is 2. The summed E-state index contributed by atoms with van der Waals surface area (Å²) >= 11 is 1.35. The summed E-state index contributed by atoms with van der Waals surface area (Å²) < 4.78 is 5.35. The van der Waals surface area contributed by atoms with Crippen LogP contribution < -0.4 is 5.73 Å². The summed E-state index contributed by atoms with van der Waals surface area (Å²) in [5.74, 6) is -1.04. The number of esters is 1. The number of aromatic nitrogens is 1. The van der Waals surface area contributed by atoms with Crippen molar-refractivity contribution in [3.05, 3.63) is 52.5 Å². The number of carbonyl (C=O) groups is 2. The summed E-state index contributed by atoms with van der Waals surface area (Å²) in [6, 6.07) is 9.46. The monoisotopic (exact) mass is 386 g/mol. The molecule has 3 rings (SSSR count). The molecule has 8 heteroatoms. The molecule has 0 bridgehead atoms. The Morgan fingerprint density at radius 1 is 1.33 bits per heavy atom. The third-order valence-electron chi connectivity index (χ3n) is 4.49. The van der Waals surface area contributed by atoms with Crippen molar-refractivity contribution in [2.45, 2.75) is 44.2 Å². The minimum atomic E-state index is -0.672. The minimum Gasteiger partial charge on any atom is -0.453 e. The standard InChI is InChI=1S/C19H22N4O3S/c20-19(21)23(14-12-16(25)26-17(14)18-22-10-11-27-18)15(24)9-5-4-8-13-6-2-1-3-7-13/h1-3,6-7,10-11,14,17H,4-5,8-9,12H2,(H3,20,21)/t14-,17+/m0/s1. The number of unbranched alkanes of at least 4 members (excludes halogenated alkanes) is 1. The Labute approximate surface area is 161 Å². The molecule has 1 aliphatic heterocycles. The van der Waals surface area contributed by atoms with E-state index in [-0.39, 0.29) is 24.7 Å². The van der Waals surface area contributed by atoms with Crippen LogP contribution in [0.1, 0.15) is 42.4 Å². The molecule has 1 saturated heterocycles. The molecule has 0 spiro atoms. The molecule has 0 unspecified atom stereocenters. The highest BCUT2D eigenvalue weighted by molar-refractivity contribution is 7.09. The van der Waals surface area contributed by atoms with E-state index in [1.807, 2.05) is 18.2 Å². The van der Waals surface area contributed by atoms with Crippen LogP contribution in [0, 0.1) is 5.41 Å². The Balaban J connectivity index is 1.61. The van der Waals surface area contributed by atoms with Gasteiger partial charge in [0, 0.05) is 18.0 Å². The Kier molecular flexibility index (Phi) is 6.18. The van der Waals surface area contributed by atoms with E-state index < -0.39 is 18.1 Å². The van der Waals surface area contributed by atoms with Gasteiger partial charge >= 0.3 is 5.97 Å². The first-order valence-electron chi connectivity index (χ1n) is 8.85. The summed E-state index contributed by atoms with van der Waals surface area (Å²) in [4.78, 5) is 29.9. The van der Waals surface area contributed by atoms with E-state index in [0.29, 0.717) is 11.4 Å². The number of nitrogens with one attached hydrogen (secondary N) is 1. The van der Waals surface area contributed by atoms with Crippen LogP contribution in [0.4, 0.5) is 0 Å². The van der Waals surface area contributed by atoms with E-state index in [0.717, 1.165) is 12.8 Å². The number of nitrogens with two attached hydrogens (primary N) is 1. The molecule has 1 fully saturated rings. The van der Waals surface area contributed by atoms with Gasteiger partial charge in [0.2, 0.25) is 5.91 Å². The topological polar surface area (TPSA) is 109 Å². The van der Waals surface area contributed by atoms with Gasteiger partial charge in [0.15, 0.2) is 12.1 Å². The maximum atomic E-state index is 12.7. The van der Waals surface area contributed by atoms with Crippen molar-refractivity contribution in [3.8, 4) is 0 Å². The number of rotatable bonds is 7. The van der Waals surface area contributed by atoms with Crippen LogP contribution in [-0.2, 0) is 20.7 Å². The molecular weight excluding hydrogens is 364 g/mol. The lowest BCUT2D eigenvalue weighted by molar-refractivity contribution is -0.142. The highest BCUT2D eigenvalue weighted by Crippen LogP contribution is 2.35. The van der Waals surface area contributed by atoms with Crippen LogP contribution in [-0.4, -0.2) is 33.8 Å². The lowest BCUT2D eigenvalue weighted by Crippen LogP contribution is -2.49. The molecule has 0 aliphatic carbocycles. The Hall–Kier alpha value is -2.74. The molecule has 27 heavy (non-hydrogen) atoms. The largest absolute Gasteiger partial charge is 0.453 e. The van der Waals surface area contributed by atoms with Gasteiger partial charge in [-0.15, -0.1) is 11.3 Å². The zero-order valence-electron chi connectivity index (χ0n) is 14.8. The maximum absolute atomic E-state index is 12.7. The summed E-state index contributed by atoms with van der Waals surface area (Å²) in [7, 11) is 0. The number of cyclic esters (lactones) is 1. The van der Waals surface area contributed by atoms with Crippen molar-refractivity contribution in [1.29, 1.82) is 5.41 Å². The van der Waals surface area contributed by atoms with E-state index in [4.69, 9.17) is 15.9 Å². The van der Waals surface area contributed by atoms with Gasteiger partial charge in [-0.3, -0.25) is 19.9 Å². The lowest BCUT2D eigenvalue weighted by Gasteiger charge is -2.28. The van der Waals surface area contributed by atoms with E-state index in [9.17, 15) is 9.59 Å². The summed E-state index contributed by atoms with van der Waals surface area (Å²) in [5, 5.41) is 10.2. The van der Waals surface area contributed by atoms with Gasteiger partial charge in [-0.25, -0.2) is 4.98 Å². The van der Waals surface area contributed by atoms with Gasteiger partial charge in [-0.05, 0) is 24.8 Å². The number of hydrogen-bond acceptors (Lipinski definition) is 6. The minimum absolute atomic E-state index is 0.0135. The first-order chi connectivity index (χ1) is 13.1. The molecule has 2 heterocycles. The molecule has 0 radical (unpaired) electrons. The Morgan fingerprint density at radius 2 is 2.11 bits per heavy atom. The second-order valence-corrected chi connectivity index (χ2v) is 7.32. The molecule has 2 aromatic rings. The molecule has 0 saturated carbocycles. The van der Waals surface area contributed by atoms with E-state index in [2.05, 4.69) is 17.1 Å². The SMILES string of the molecule is N=C(N)N(C(=O)CCCCc1ccccc1)[C@H]1CC(=O)O[C@H]1c1nccs1. The van der Waals surface area contributed by atoms with Crippen LogP contribution in [0.2, 0.25) is 0 Å². The number of benzene rings is 1. The fourth-order valence-electron chi connectivity index (χ4n) is 3.23. The van der Waals surface area contributed by atoms with Gasteiger partial charge in [-0.2, -0.15) is 0 Å². The fraction of sp³-hybridized carbons (Fsp3) is 0.368. The quantitative estimate of drug-likeness (QED) is 0.329. The summed E-state index contributed by atoms with van der Waals surface area (Å²) in [6.07, 6.45) is 3.66. The number of carbonyl (C=O) groups excluding carboxylic acids is 2. The number of hydrogen-bond donors (Lipinski definition) is 2. The normalized spacial score (nSPS) is 18.9.